The van der Waals surface area contributed by atoms with Crippen LogP contribution in [0.4, 0.5) is 0 Å². The second-order valence-corrected chi connectivity index (χ2v) is 5.26. The summed E-state index contributed by atoms with van der Waals surface area (Å²) in [6, 6.07) is 10.4. The van der Waals surface area contributed by atoms with Gasteiger partial charge in [0.2, 0.25) is 0 Å². The van der Waals surface area contributed by atoms with Gasteiger partial charge in [0.1, 0.15) is 5.78 Å². The fraction of sp³-hybridized carbons (Fsp3) is 0.500. The van der Waals surface area contributed by atoms with E-state index in [-0.39, 0.29) is 11.3 Å². The van der Waals surface area contributed by atoms with Crippen LogP contribution in [-0.2, 0) is 4.79 Å². The molecule has 1 nitrogen and oxygen atoms in total. The van der Waals surface area contributed by atoms with Crippen molar-refractivity contribution in [1.29, 1.82) is 0 Å². The maximum atomic E-state index is 12.0. The third-order valence-corrected chi connectivity index (χ3v) is 3.64. The molecule has 0 saturated heterocycles. The highest BCUT2D eigenvalue weighted by atomic mass is 16.1. The maximum Gasteiger partial charge on any atom is 0.141 e. The summed E-state index contributed by atoms with van der Waals surface area (Å²) in [6.45, 7) is 6.19. The van der Waals surface area contributed by atoms with Crippen LogP contribution >= 0.6 is 0 Å². The number of carbonyl (C=O) groups is 1. The Morgan fingerprint density at radius 1 is 1.20 bits per heavy atom. The second kappa shape index (κ2) is 3.48. The third kappa shape index (κ3) is 1.71. The molecule has 0 aromatic heterocycles. The van der Waals surface area contributed by atoms with Gasteiger partial charge < -0.3 is 0 Å². The van der Waals surface area contributed by atoms with Crippen LogP contribution in [0.3, 0.4) is 0 Å². The summed E-state index contributed by atoms with van der Waals surface area (Å²) in [5.41, 5.74) is 1.17. The molecule has 1 saturated carbocycles. The summed E-state index contributed by atoms with van der Waals surface area (Å²) >= 11 is 0. The van der Waals surface area contributed by atoms with Crippen molar-refractivity contribution in [2.45, 2.75) is 33.1 Å². The molecule has 80 valence electrons. The Morgan fingerprint density at radius 3 is 2.27 bits per heavy atom. The van der Waals surface area contributed by atoms with E-state index in [2.05, 4.69) is 45.0 Å². The van der Waals surface area contributed by atoms with Crippen molar-refractivity contribution in [2.24, 2.45) is 11.3 Å². The molecule has 0 radical (unpaired) electrons. The molecule has 0 amide bonds. The average Bonchev–Trinajstić information content (AvgIpc) is 2.44. The minimum absolute atomic E-state index is 0.139. The molecule has 2 atom stereocenters. The molecule has 0 N–H and O–H groups in total. The molecule has 0 aliphatic heterocycles. The zero-order chi connectivity index (χ0) is 11.1. The van der Waals surface area contributed by atoms with E-state index in [0.717, 1.165) is 6.42 Å². The molecular formula is C14H18O. The second-order valence-electron chi connectivity index (χ2n) is 5.26. The summed E-state index contributed by atoms with van der Waals surface area (Å²) in [6.07, 6.45) is 0.983. The first kappa shape index (κ1) is 10.4. The lowest BCUT2D eigenvalue weighted by Crippen LogP contribution is -2.20. The van der Waals surface area contributed by atoms with E-state index in [1.165, 1.54) is 5.56 Å². The fourth-order valence-electron chi connectivity index (χ4n) is 2.73. The summed E-state index contributed by atoms with van der Waals surface area (Å²) in [4.78, 5) is 12.0. The van der Waals surface area contributed by atoms with Crippen LogP contribution in [-0.4, -0.2) is 5.78 Å². The zero-order valence-electron chi connectivity index (χ0n) is 9.66. The van der Waals surface area contributed by atoms with Gasteiger partial charge in [0, 0.05) is 11.3 Å². The van der Waals surface area contributed by atoms with E-state index in [9.17, 15) is 4.79 Å². The Bertz CT molecular complexity index is 364. The molecule has 1 heteroatoms. The number of ketones is 1. The lowest BCUT2D eigenvalue weighted by molar-refractivity contribution is -0.127. The van der Waals surface area contributed by atoms with Crippen LogP contribution in [0.15, 0.2) is 30.3 Å². The van der Waals surface area contributed by atoms with E-state index in [1.807, 2.05) is 6.07 Å². The summed E-state index contributed by atoms with van der Waals surface area (Å²) in [5.74, 6) is 0.993. The van der Waals surface area contributed by atoms with Crippen LogP contribution in [0.5, 0.6) is 0 Å². The molecule has 0 spiro atoms. The quantitative estimate of drug-likeness (QED) is 0.682. The molecule has 1 aliphatic carbocycles. The lowest BCUT2D eigenvalue weighted by Gasteiger charge is -2.15. The van der Waals surface area contributed by atoms with Crippen LogP contribution in [0.2, 0.25) is 0 Å². The number of rotatable bonds is 1. The first-order valence-corrected chi connectivity index (χ1v) is 5.61. The highest BCUT2D eigenvalue weighted by Gasteiger charge is 2.45. The first-order valence-electron chi connectivity index (χ1n) is 5.61. The molecule has 0 heterocycles. The highest BCUT2D eigenvalue weighted by Crippen LogP contribution is 2.46. The maximum absolute atomic E-state index is 12.0. The van der Waals surface area contributed by atoms with Crippen molar-refractivity contribution in [3.63, 3.8) is 0 Å². The van der Waals surface area contributed by atoms with Crippen LogP contribution in [0, 0.1) is 11.3 Å². The monoisotopic (exact) mass is 202 g/mol. The average molecular weight is 202 g/mol. The fourth-order valence-corrected chi connectivity index (χ4v) is 2.73. The Kier molecular flexibility index (Phi) is 2.41. The molecule has 0 unspecified atom stereocenters. The van der Waals surface area contributed by atoms with Crippen molar-refractivity contribution in [3.05, 3.63) is 35.9 Å². The van der Waals surface area contributed by atoms with Gasteiger partial charge in [-0.2, -0.15) is 0 Å². The molecular weight excluding hydrogens is 184 g/mol. The highest BCUT2D eigenvalue weighted by molar-refractivity contribution is 5.89. The van der Waals surface area contributed by atoms with Gasteiger partial charge >= 0.3 is 0 Å². The Labute approximate surface area is 91.5 Å². The van der Waals surface area contributed by atoms with E-state index in [4.69, 9.17) is 0 Å². The van der Waals surface area contributed by atoms with Gasteiger partial charge in [-0.3, -0.25) is 4.79 Å². The predicted molar refractivity (Wildman–Crippen MR) is 61.8 cm³/mol. The SMILES string of the molecule is C[C@@H]1C(=O)C(C)(C)C[C@H]1c1ccccc1. The summed E-state index contributed by atoms with van der Waals surface area (Å²) < 4.78 is 0. The van der Waals surface area contributed by atoms with Gasteiger partial charge in [-0.15, -0.1) is 0 Å². The molecule has 1 aromatic carbocycles. The standard InChI is InChI=1S/C14H18O/c1-10-12(9-14(2,3)13(10)15)11-7-5-4-6-8-11/h4-8,10,12H,9H2,1-3H3/t10-,12+/m0/s1. The molecule has 1 fully saturated rings. The minimum atomic E-state index is -0.139. The normalized spacial score (nSPS) is 29.4. The van der Waals surface area contributed by atoms with Crippen LogP contribution in [0.1, 0.15) is 38.7 Å². The summed E-state index contributed by atoms with van der Waals surface area (Å²) in [7, 11) is 0. The van der Waals surface area contributed by atoms with Gasteiger partial charge in [-0.25, -0.2) is 0 Å². The topological polar surface area (TPSA) is 17.1 Å². The van der Waals surface area contributed by atoms with E-state index in [1.54, 1.807) is 0 Å². The van der Waals surface area contributed by atoms with Crippen molar-refractivity contribution >= 4 is 5.78 Å². The van der Waals surface area contributed by atoms with Gasteiger partial charge in [-0.05, 0) is 17.9 Å². The first-order chi connectivity index (χ1) is 7.02. The molecule has 0 bridgehead atoms. The smallest absolute Gasteiger partial charge is 0.141 e. The van der Waals surface area contributed by atoms with Gasteiger partial charge in [0.25, 0.3) is 0 Å². The van der Waals surface area contributed by atoms with Crippen molar-refractivity contribution in [3.8, 4) is 0 Å². The molecule has 1 aliphatic rings. The van der Waals surface area contributed by atoms with E-state index >= 15 is 0 Å². The number of benzene rings is 1. The largest absolute Gasteiger partial charge is 0.299 e. The van der Waals surface area contributed by atoms with Crippen LogP contribution in [0.25, 0.3) is 0 Å². The molecule has 15 heavy (non-hydrogen) atoms. The van der Waals surface area contributed by atoms with Gasteiger partial charge in [0.15, 0.2) is 0 Å². The lowest BCUT2D eigenvalue weighted by atomic mass is 9.88. The minimum Gasteiger partial charge on any atom is -0.299 e. The number of hydrogen-bond acceptors (Lipinski definition) is 1. The van der Waals surface area contributed by atoms with Gasteiger partial charge in [0.05, 0.1) is 0 Å². The third-order valence-electron chi connectivity index (χ3n) is 3.64. The molecule has 1 aromatic rings. The zero-order valence-corrected chi connectivity index (χ0v) is 9.66. The van der Waals surface area contributed by atoms with Crippen LogP contribution < -0.4 is 0 Å². The number of hydrogen-bond donors (Lipinski definition) is 0. The Morgan fingerprint density at radius 2 is 1.80 bits per heavy atom. The number of carbonyl (C=O) groups excluding carboxylic acids is 1. The van der Waals surface area contributed by atoms with Crippen molar-refractivity contribution in [2.75, 3.05) is 0 Å². The Balaban J connectivity index is 2.31. The number of Topliss-reactive ketones (excluding diaryl/α,β-unsaturated/α-hetero) is 1. The predicted octanol–water partition coefficient (Wildman–Crippen LogP) is 3.41. The Hall–Kier alpha value is -1.11. The summed E-state index contributed by atoms with van der Waals surface area (Å²) in [5, 5.41) is 0. The van der Waals surface area contributed by atoms with Crippen molar-refractivity contribution in [1.82, 2.24) is 0 Å². The molecule has 2 rings (SSSR count). The van der Waals surface area contributed by atoms with E-state index in [0.29, 0.717) is 11.7 Å². The van der Waals surface area contributed by atoms with E-state index < -0.39 is 0 Å². The van der Waals surface area contributed by atoms with Gasteiger partial charge in [-0.1, -0.05) is 51.1 Å². The van der Waals surface area contributed by atoms with Crippen molar-refractivity contribution < 1.29 is 4.79 Å².